The molecule has 2 amide bonds. The summed E-state index contributed by atoms with van der Waals surface area (Å²) in [5, 5.41) is 2.88. The van der Waals surface area contributed by atoms with E-state index < -0.39 is 0 Å². The smallest absolute Gasteiger partial charge is 0.225 e. The summed E-state index contributed by atoms with van der Waals surface area (Å²) in [5.74, 6) is 6.39. The van der Waals surface area contributed by atoms with Crippen molar-refractivity contribution in [1.29, 1.82) is 0 Å². The molecule has 4 nitrogen and oxygen atoms in total. The molecule has 1 atom stereocenters. The van der Waals surface area contributed by atoms with Gasteiger partial charge in [0.05, 0.1) is 12.5 Å². The summed E-state index contributed by atoms with van der Waals surface area (Å²) in [6.45, 7) is 1.71. The molecule has 0 radical (unpaired) electrons. The quantitative estimate of drug-likeness (QED) is 0.866. The highest BCUT2D eigenvalue weighted by Gasteiger charge is 2.36. The van der Waals surface area contributed by atoms with Crippen molar-refractivity contribution >= 4 is 11.8 Å². The average Bonchev–Trinajstić information content (AvgIpc) is 3.44. The Morgan fingerprint density at radius 2 is 1.91 bits per heavy atom. The van der Waals surface area contributed by atoms with Crippen LogP contribution in [-0.4, -0.2) is 36.3 Å². The minimum atomic E-state index is -0.0926. The fourth-order valence-electron chi connectivity index (χ4n) is 2.92. The van der Waals surface area contributed by atoms with Crippen molar-refractivity contribution in [2.24, 2.45) is 11.8 Å². The average molecular weight is 310 g/mol. The number of rotatable bonds is 3. The van der Waals surface area contributed by atoms with Gasteiger partial charge in [0, 0.05) is 24.6 Å². The van der Waals surface area contributed by atoms with Crippen molar-refractivity contribution in [2.75, 3.05) is 19.6 Å². The molecule has 1 saturated heterocycles. The highest BCUT2D eigenvalue weighted by Crippen LogP contribution is 2.32. The molecular formula is C19H22N2O2. The van der Waals surface area contributed by atoms with Crippen molar-refractivity contribution in [1.82, 2.24) is 10.2 Å². The number of hydrogen-bond acceptors (Lipinski definition) is 2. The Kier molecular flexibility index (Phi) is 4.97. The number of amides is 2. The van der Waals surface area contributed by atoms with E-state index in [4.69, 9.17) is 0 Å². The highest BCUT2D eigenvalue weighted by atomic mass is 16.2. The molecule has 120 valence electrons. The Balaban J connectivity index is 1.46. The first kappa shape index (κ1) is 15.6. The van der Waals surface area contributed by atoms with Crippen molar-refractivity contribution in [3.63, 3.8) is 0 Å². The van der Waals surface area contributed by atoms with E-state index in [0.29, 0.717) is 13.1 Å². The molecule has 4 heteroatoms. The second-order valence-corrected chi connectivity index (χ2v) is 6.28. The first-order chi connectivity index (χ1) is 11.2. The molecule has 1 aromatic rings. The summed E-state index contributed by atoms with van der Waals surface area (Å²) >= 11 is 0. The Hall–Kier alpha value is -2.28. The first-order valence-corrected chi connectivity index (χ1v) is 8.34. The van der Waals surface area contributed by atoms with Crippen LogP contribution >= 0.6 is 0 Å². The van der Waals surface area contributed by atoms with Crippen LogP contribution in [0.15, 0.2) is 30.3 Å². The van der Waals surface area contributed by atoms with Crippen molar-refractivity contribution in [3.05, 3.63) is 35.9 Å². The zero-order valence-corrected chi connectivity index (χ0v) is 13.3. The molecular weight excluding hydrogens is 288 g/mol. The molecule has 1 heterocycles. The van der Waals surface area contributed by atoms with Gasteiger partial charge in [-0.15, -0.1) is 0 Å². The minimum Gasteiger partial charge on any atom is -0.345 e. The van der Waals surface area contributed by atoms with Crippen LogP contribution in [0.4, 0.5) is 0 Å². The summed E-state index contributed by atoms with van der Waals surface area (Å²) < 4.78 is 0. The zero-order chi connectivity index (χ0) is 16.1. The van der Waals surface area contributed by atoms with Crippen LogP contribution in [0.25, 0.3) is 0 Å². The fourth-order valence-corrected chi connectivity index (χ4v) is 2.92. The molecule has 1 saturated carbocycles. The van der Waals surface area contributed by atoms with Gasteiger partial charge in [0.2, 0.25) is 11.8 Å². The number of hydrogen-bond donors (Lipinski definition) is 1. The molecule has 1 N–H and O–H groups in total. The normalized spacial score (nSPS) is 20.3. The second-order valence-electron chi connectivity index (χ2n) is 6.28. The maximum absolute atomic E-state index is 12.2. The summed E-state index contributed by atoms with van der Waals surface area (Å²) in [4.78, 5) is 26.2. The Morgan fingerprint density at radius 3 is 2.65 bits per heavy atom. The van der Waals surface area contributed by atoms with E-state index in [9.17, 15) is 9.59 Å². The topological polar surface area (TPSA) is 49.4 Å². The largest absolute Gasteiger partial charge is 0.345 e. The first-order valence-electron chi connectivity index (χ1n) is 8.34. The van der Waals surface area contributed by atoms with Gasteiger partial charge in [-0.25, -0.2) is 0 Å². The third-order valence-corrected chi connectivity index (χ3v) is 4.39. The second kappa shape index (κ2) is 7.32. The maximum atomic E-state index is 12.2. The SMILES string of the molecule is O=C(NCC#Cc1ccccc1)[C@@H]1CCCN(C(=O)C2CC2)C1. The van der Waals surface area contributed by atoms with Gasteiger partial charge < -0.3 is 10.2 Å². The third kappa shape index (κ3) is 4.35. The monoisotopic (exact) mass is 310 g/mol. The molecule has 1 aliphatic carbocycles. The van der Waals surface area contributed by atoms with Crippen LogP contribution in [-0.2, 0) is 9.59 Å². The molecule has 0 unspecified atom stereocenters. The van der Waals surface area contributed by atoms with Gasteiger partial charge in [0.1, 0.15) is 0 Å². The highest BCUT2D eigenvalue weighted by molar-refractivity contribution is 5.83. The fraction of sp³-hybridized carbons (Fsp3) is 0.474. The number of nitrogens with one attached hydrogen (secondary N) is 1. The number of benzene rings is 1. The minimum absolute atomic E-state index is 0.0145. The summed E-state index contributed by atoms with van der Waals surface area (Å²) in [7, 11) is 0. The van der Waals surface area contributed by atoms with Gasteiger partial charge in [-0.3, -0.25) is 9.59 Å². The van der Waals surface area contributed by atoms with Gasteiger partial charge in [-0.1, -0.05) is 30.0 Å². The van der Waals surface area contributed by atoms with Crippen LogP contribution in [0.5, 0.6) is 0 Å². The van der Waals surface area contributed by atoms with E-state index in [1.54, 1.807) is 0 Å². The number of nitrogens with zero attached hydrogens (tertiary/aromatic N) is 1. The van der Waals surface area contributed by atoms with Gasteiger partial charge in [0.15, 0.2) is 0 Å². The van der Waals surface area contributed by atoms with E-state index in [-0.39, 0.29) is 23.7 Å². The Bertz CT molecular complexity index is 626. The molecule has 2 fully saturated rings. The van der Waals surface area contributed by atoms with Crippen molar-refractivity contribution in [3.8, 4) is 11.8 Å². The van der Waals surface area contributed by atoms with Crippen molar-refractivity contribution in [2.45, 2.75) is 25.7 Å². The lowest BCUT2D eigenvalue weighted by Crippen LogP contribution is -2.46. The lowest BCUT2D eigenvalue weighted by molar-refractivity contribution is -0.136. The van der Waals surface area contributed by atoms with Crippen LogP contribution in [0.1, 0.15) is 31.2 Å². The van der Waals surface area contributed by atoms with Crippen LogP contribution in [0.3, 0.4) is 0 Å². The lowest BCUT2D eigenvalue weighted by atomic mass is 9.96. The third-order valence-electron chi connectivity index (χ3n) is 4.39. The Morgan fingerprint density at radius 1 is 1.13 bits per heavy atom. The predicted octanol–water partition coefficient (Wildman–Crippen LogP) is 1.80. The number of carbonyl (C=O) groups is 2. The van der Waals surface area contributed by atoms with E-state index in [1.165, 1.54) is 0 Å². The number of piperidine rings is 1. The van der Waals surface area contributed by atoms with E-state index in [1.807, 2.05) is 35.2 Å². The molecule has 3 rings (SSSR count). The van der Waals surface area contributed by atoms with Crippen LogP contribution in [0.2, 0.25) is 0 Å². The van der Waals surface area contributed by atoms with Gasteiger partial charge >= 0.3 is 0 Å². The van der Waals surface area contributed by atoms with Gasteiger partial charge in [0.25, 0.3) is 0 Å². The van der Waals surface area contributed by atoms with Crippen molar-refractivity contribution < 1.29 is 9.59 Å². The Labute approximate surface area is 137 Å². The van der Waals surface area contributed by atoms with Gasteiger partial charge in [-0.2, -0.15) is 0 Å². The molecule has 23 heavy (non-hydrogen) atoms. The molecule has 0 bridgehead atoms. The zero-order valence-electron chi connectivity index (χ0n) is 13.3. The standard InChI is InChI=1S/C19H22N2O2/c22-18(20-12-4-8-15-6-2-1-3-7-15)17-9-5-13-21(14-17)19(23)16-10-11-16/h1-3,6-7,16-17H,5,9-14H2,(H,20,22)/t17-/m1/s1. The van der Waals surface area contributed by atoms with Crippen LogP contribution in [0, 0.1) is 23.7 Å². The summed E-state index contributed by atoms with van der Waals surface area (Å²) in [6, 6.07) is 9.71. The molecule has 1 aromatic carbocycles. The number of likely N-dealkylation sites (tertiary alicyclic amines) is 1. The maximum Gasteiger partial charge on any atom is 0.225 e. The molecule has 0 spiro atoms. The van der Waals surface area contributed by atoms with E-state index >= 15 is 0 Å². The lowest BCUT2D eigenvalue weighted by Gasteiger charge is -2.32. The van der Waals surface area contributed by atoms with E-state index in [0.717, 1.165) is 37.8 Å². The predicted molar refractivity (Wildman–Crippen MR) is 88.4 cm³/mol. The summed E-state index contributed by atoms with van der Waals surface area (Å²) in [5.41, 5.74) is 0.945. The molecule has 1 aliphatic heterocycles. The van der Waals surface area contributed by atoms with E-state index in [2.05, 4.69) is 17.2 Å². The van der Waals surface area contributed by atoms with Gasteiger partial charge in [-0.05, 0) is 37.8 Å². The molecule has 0 aromatic heterocycles. The van der Waals surface area contributed by atoms with Crippen LogP contribution < -0.4 is 5.32 Å². The molecule has 2 aliphatic rings. The summed E-state index contributed by atoms with van der Waals surface area (Å²) in [6.07, 6.45) is 3.79. The number of carbonyl (C=O) groups excluding carboxylic acids is 2.